The molecule has 0 amide bonds. The van der Waals surface area contributed by atoms with E-state index >= 15 is 0 Å². The highest BCUT2D eigenvalue weighted by atomic mass is 35.5. The van der Waals surface area contributed by atoms with Crippen LogP contribution in [0.25, 0.3) is 0 Å². The molecule has 1 aliphatic carbocycles. The fraction of sp³-hybridized carbons (Fsp3) is 1.00. The Morgan fingerprint density at radius 2 is 2.38 bits per heavy atom. The van der Waals surface area contributed by atoms with Crippen LogP contribution in [0.15, 0.2) is 0 Å². The third-order valence-electron chi connectivity index (χ3n) is 1.11. The first-order valence-electron chi connectivity index (χ1n) is 2.70. The SMILES string of the molecule is O[C@@H]1C[C@H]1OCCCl. The molecule has 0 saturated heterocycles. The van der Waals surface area contributed by atoms with Gasteiger partial charge in [-0.2, -0.15) is 0 Å². The van der Waals surface area contributed by atoms with Crippen LogP contribution < -0.4 is 0 Å². The molecule has 48 valence electrons. The lowest BCUT2D eigenvalue weighted by Crippen LogP contribution is -2.01. The summed E-state index contributed by atoms with van der Waals surface area (Å²) in [5, 5.41) is 8.68. The van der Waals surface area contributed by atoms with Gasteiger partial charge in [0.2, 0.25) is 0 Å². The third-order valence-corrected chi connectivity index (χ3v) is 1.26. The Morgan fingerprint density at radius 1 is 1.75 bits per heavy atom. The van der Waals surface area contributed by atoms with Crippen LogP contribution in [0.1, 0.15) is 6.42 Å². The zero-order valence-electron chi connectivity index (χ0n) is 4.51. The van der Waals surface area contributed by atoms with Gasteiger partial charge in [0.05, 0.1) is 18.8 Å². The number of hydrogen-bond acceptors (Lipinski definition) is 2. The van der Waals surface area contributed by atoms with E-state index in [-0.39, 0.29) is 12.2 Å². The van der Waals surface area contributed by atoms with Gasteiger partial charge in [-0.05, 0) is 0 Å². The van der Waals surface area contributed by atoms with Gasteiger partial charge in [0.15, 0.2) is 0 Å². The first-order chi connectivity index (χ1) is 3.84. The van der Waals surface area contributed by atoms with Crippen LogP contribution in [-0.4, -0.2) is 29.8 Å². The van der Waals surface area contributed by atoms with Crippen LogP contribution in [0, 0.1) is 0 Å². The standard InChI is InChI=1S/C5H9ClO2/c6-1-2-8-5-3-4(5)7/h4-5,7H,1-3H2/t4-,5-/m1/s1. The average molecular weight is 137 g/mol. The van der Waals surface area contributed by atoms with Crippen molar-refractivity contribution in [1.29, 1.82) is 0 Å². The Bertz CT molecular complexity index is 76.8. The predicted octanol–water partition coefficient (Wildman–Crippen LogP) is 0.375. The first-order valence-corrected chi connectivity index (χ1v) is 3.23. The van der Waals surface area contributed by atoms with Crippen molar-refractivity contribution in [3.05, 3.63) is 0 Å². The van der Waals surface area contributed by atoms with Gasteiger partial charge in [0.1, 0.15) is 0 Å². The quantitative estimate of drug-likeness (QED) is 0.569. The molecule has 0 radical (unpaired) electrons. The Morgan fingerprint density at radius 3 is 2.75 bits per heavy atom. The van der Waals surface area contributed by atoms with E-state index in [0.29, 0.717) is 12.5 Å². The molecule has 1 aliphatic rings. The van der Waals surface area contributed by atoms with Crippen molar-refractivity contribution in [3.63, 3.8) is 0 Å². The number of aliphatic hydroxyl groups is 1. The number of rotatable bonds is 3. The minimum atomic E-state index is -0.210. The lowest BCUT2D eigenvalue weighted by molar-refractivity contribution is 0.0938. The Balaban J connectivity index is 1.89. The van der Waals surface area contributed by atoms with Crippen molar-refractivity contribution < 1.29 is 9.84 Å². The molecule has 0 aromatic rings. The first kappa shape index (κ1) is 6.33. The number of halogens is 1. The molecular formula is C5H9ClO2. The zero-order valence-corrected chi connectivity index (χ0v) is 5.27. The fourth-order valence-corrected chi connectivity index (χ4v) is 0.624. The molecule has 0 bridgehead atoms. The molecule has 1 rings (SSSR count). The van der Waals surface area contributed by atoms with Crippen LogP contribution in [-0.2, 0) is 4.74 Å². The molecule has 2 nitrogen and oxygen atoms in total. The van der Waals surface area contributed by atoms with Gasteiger partial charge < -0.3 is 9.84 Å². The molecule has 0 aliphatic heterocycles. The van der Waals surface area contributed by atoms with E-state index in [4.69, 9.17) is 21.4 Å². The monoisotopic (exact) mass is 136 g/mol. The molecule has 8 heavy (non-hydrogen) atoms. The molecule has 1 fully saturated rings. The largest absolute Gasteiger partial charge is 0.390 e. The minimum absolute atomic E-state index is 0.0914. The van der Waals surface area contributed by atoms with Crippen LogP contribution in [0.3, 0.4) is 0 Å². The van der Waals surface area contributed by atoms with Crippen LogP contribution in [0.4, 0.5) is 0 Å². The lowest BCUT2D eigenvalue weighted by atomic mass is 10.7. The van der Waals surface area contributed by atoms with E-state index in [1.54, 1.807) is 0 Å². The summed E-state index contributed by atoms with van der Waals surface area (Å²) < 4.78 is 5.03. The third kappa shape index (κ3) is 1.62. The van der Waals surface area contributed by atoms with Crippen molar-refractivity contribution >= 4 is 11.6 Å². The van der Waals surface area contributed by atoms with Crippen molar-refractivity contribution in [2.45, 2.75) is 18.6 Å². The number of ether oxygens (including phenoxy) is 1. The highest BCUT2D eigenvalue weighted by Gasteiger charge is 2.35. The molecule has 0 heterocycles. The molecule has 3 heteroatoms. The van der Waals surface area contributed by atoms with E-state index in [1.165, 1.54) is 0 Å². The zero-order chi connectivity index (χ0) is 5.98. The van der Waals surface area contributed by atoms with Crippen molar-refractivity contribution in [3.8, 4) is 0 Å². The summed E-state index contributed by atoms with van der Waals surface area (Å²) >= 11 is 5.31. The van der Waals surface area contributed by atoms with Crippen molar-refractivity contribution in [1.82, 2.24) is 0 Å². The lowest BCUT2D eigenvalue weighted by Gasteiger charge is -1.94. The van der Waals surface area contributed by atoms with E-state index < -0.39 is 0 Å². The summed E-state index contributed by atoms with van der Waals surface area (Å²) in [6.45, 7) is 0.559. The van der Waals surface area contributed by atoms with Gasteiger partial charge in [-0.1, -0.05) is 0 Å². The summed E-state index contributed by atoms with van der Waals surface area (Å²) in [4.78, 5) is 0. The van der Waals surface area contributed by atoms with Crippen molar-refractivity contribution in [2.75, 3.05) is 12.5 Å². The molecule has 1 saturated carbocycles. The van der Waals surface area contributed by atoms with Gasteiger partial charge in [0, 0.05) is 12.3 Å². The second-order valence-electron chi connectivity index (χ2n) is 1.90. The van der Waals surface area contributed by atoms with Gasteiger partial charge in [-0.25, -0.2) is 0 Å². The molecule has 0 unspecified atom stereocenters. The smallest absolute Gasteiger partial charge is 0.0861 e. The van der Waals surface area contributed by atoms with Crippen LogP contribution in [0.2, 0.25) is 0 Å². The summed E-state index contributed by atoms with van der Waals surface area (Å²) in [6, 6.07) is 0. The number of hydrogen-bond donors (Lipinski definition) is 1. The fourth-order valence-electron chi connectivity index (χ4n) is 0.534. The van der Waals surface area contributed by atoms with E-state index in [0.717, 1.165) is 6.42 Å². The second-order valence-corrected chi connectivity index (χ2v) is 2.28. The number of aliphatic hydroxyl groups excluding tert-OH is 1. The second kappa shape index (κ2) is 2.67. The molecular weight excluding hydrogens is 128 g/mol. The van der Waals surface area contributed by atoms with Gasteiger partial charge >= 0.3 is 0 Å². The average Bonchev–Trinajstić information content (AvgIpc) is 2.42. The van der Waals surface area contributed by atoms with E-state index in [9.17, 15) is 0 Å². The predicted molar refractivity (Wildman–Crippen MR) is 31.1 cm³/mol. The van der Waals surface area contributed by atoms with Gasteiger partial charge in [0.25, 0.3) is 0 Å². The molecule has 0 aromatic heterocycles. The van der Waals surface area contributed by atoms with Crippen molar-refractivity contribution in [2.24, 2.45) is 0 Å². The van der Waals surface area contributed by atoms with E-state index in [2.05, 4.69) is 0 Å². The summed E-state index contributed by atoms with van der Waals surface area (Å²) in [6.07, 6.45) is 0.670. The molecule has 2 atom stereocenters. The van der Waals surface area contributed by atoms with Gasteiger partial charge in [-0.15, -0.1) is 11.6 Å². The molecule has 1 N–H and O–H groups in total. The maximum Gasteiger partial charge on any atom is 0.0861 e. The normalized spacial score (nSPS) is 35.2. The van der Waals surface area contributed by atoms with Gasteiger partial charge in [-0.3, -0.25) is 0 Å². The summed E-state index contributed by atoms with van der Waals surface area (Å²) in [5.74, 6) is 0.517. The Kier molecular flexibility index (Phi) is 2.11. The van der Waals surface area contributed by atoms with E-state index in [1.807, 2.05) is 0 Å². The highest BCUT2D eigenvalue weighted by molar-refractivity contribution is 6.17. The highest BCUT2D eigenvalue weighted by Crippen LogP contribution is 2.24. The molecule has 0 aromatic carbocycles. The maximum atomic E-state index is 8.68. The summed E-state index contributed by atoms with van der Waals surface area (Å²) in [5.41, 5.74) is 0. The molecule has 0 spiro atoms. The Labute approximate surface area is 53.4 Å². The maximum absolute atomic E-state index is 8.68. The summed E-state index contributed by atoms with van der Waals surface area (Å²) in [7, 11) is 0. The number of alkyl halides is 1. The van der Waals surface area contributed by atoms with Crippen LogP contribution in [0.5, 0.6) is 0 Å². The minimum Gasteiger partial charge on any atom is -0.390 e. The topological polar surface area (TPSA) is 29.5 Å². The van der Waals surface area contributed by atoms with Crippen LogP contribution >= 0.6 is 11.6 Å². The Hall–Kier alpha value is 0.210.